The van der Waals surface area contributed by atoms with Gasteiger partial charge >= 0.3 is 7.60 Å². The highest BCUT2D eigenvalue weighted by Gasteiger charge is 2.29. The molecule has 100 valence electrons. The van der Waals surface area contributed by atoms with Gasteiger partial charge in [-0.25, -0.2) is 0 Å². The zero-order chi connectivity index (χ0) is 13.4. The maximum absolute atomic E-state index is 12.6. The van der Waals surface area contributed by atoms with E-state index in [-0.39, 0.29) is 0 Å². The van der Waals surface area contributed by atoms with E-state index in [2.05, 4.69) is 0 Å². The van der Waals surface area contributed by atoms with Crippen molar-refractivity contribution in [3.8, 4) is 0 Å². The summed E-state index contributed by atoms with van der Waals surface area (Å²) in [6, 6.07) is 9.78. The van der Waals surface area contributed by atoms with E-state index in [0.717, 1.165) is 4.90 Å². The molecule has 0 aliphatic rings. The third-order valence-electron chi connectivity index (χ3n) is 2.08. The van der Waals surface area contributed by atoms with Gasteiger partial charge in [0.15, 0.2) is 0 Å². The predicted molar refractivity (Wildman–Crippen MR) is 76.9 cm³/mol. The summed E-state index contributed by atoms with van der Waals surface area (Å²) < 4.78 is 23.9. The van der Waals surface area contributed by atoms with Crippen molar-refractivity contribution < 1.29 is 13.6 Å². The van der Waals surface area contributed by atoms with E-state index >= 15 is 0 Å². The summed E-state index contributed by atoms with van der Waals surface area (Å²) in [5.41, 5.74) is 0. The Morgan fingerprint density at radius 3 is 2.22 bits per heavy atom. The number of rotatable bonds is 7. The van der Waals surface area contributed by atoms with Crippen LogP contribution in [0.15, 0.2) is 45.9 Å². The Bertz CT molecular complexity index is 421. The molecule has 0 aliphatic heterocycles. The van der Waals surface area contributed by atoms with Crippen molar-refractivity contribution in [3.63, 3.8) is 0 Å². The van der Waals surface area contributed by atoms with Gasteiger partial charge in [-0.1, -0.05) is 36.0 Å². The molecule has 18 heavy (non-hydrogen) atoms. The smallest absolute Gasteiger partial charge is 0.305 e. The third-order valence-corrected chi connectivity index (χ3v) is 5.97. The maximum Gasteiger partial charge on any atom is 0.367 e. The van der Waals surface area contributed by atoms with Crippen molar-refractivity contribution >= 4 is 19.4 Å². The summed E-state index contributed by atoms with van der Waals surface area (Å²) in [7, 11) is -3.17. The highest BCUT2D eigenvalue weighted by molar-refractivity contribution is 8.10. The molecule has 0 saturated carbocycles. The number of benzene rings is 1. The Balaban J connectivity index is 2.91. The average Bonchev–Trinajstić information content (AvgIpc) is 2.37. The fourth-order valence-corrected chi connectivity index (χ4v) is 4.44. The first kappa shape index (κ1) is 15.5. The Morgan fingerprint density at radius 1 is 1.22 bits per heavy atom. The van der Waals surface area contributed by atoms with Crippen molar-refractivity contribution in [2.24, 2.45) is 0 Å². The molecular formula is C13H19O3PS. The predicted octanol–water partition coefficient (Wildman–Crippen LogP) is 4.91. The van der Waals surface area contributed by atoms with E-state index in [4.69, 9.17) is 9.05 Å². The number of allylic oxidation sites excluding steroid dienone is 1. The minimum Gasteiger partial charge on any atom is -0.305 e. The lowest BCUT2D eigenvalue weighted by atomic mass is 10.4. The highest BCUT2D eigenvalue weighted by Crippen LogP contribution is 2.61. The third kappa shape index (κ3) is 4.29. The molecule has 0 N–H and O–H groups in total. The number of thioether (sulfide) groups is 1. The van der Waals surface area contributed by atoms with Crippen LogP contribution < -0.4 is 0 Å². The van der Waals surface area contributed by atoms with Crippen molar-refractivity contribution in [2.45, 2.75) is 25.7 Å². The van der Waals surface area contributed by atoms with Crippen molar-refractivity contribution in [1.29, 1.82) is 0 Å². The first-order chi connectivity index (χ1) is 8.66. The fourth-order valence-electron chi connectivity index (χ4n) is 1.39. The van der Waals surface area contributed by atoms with Crippen LogP contribution >= 0.6 is 19.4 Å². The second kappa shape index (κ2) is 7.80. The molecule has 0 aliphatic carbocycles. The minimum absolute atomic E-state index is 0.365. The van der Waals surface area contributed by atoms with Gasteiger partial charge in [0.05, 0.1) is 17.9 Å². The lowest BCUT2D eigenvalue weighted by Gasteiger charge is -2.19. The molecule has 1 aromatic rings. The Labute approximate surface area is 113 Å². The van der Waals surface area contributed by atoms with Crippen LogP contribution in [0.2, 0.25) is 0 Å². The van der Waals surface area contributed by atoms with Crippen LogP contribution in [0.3, 0.4) is 0 Å². The Kier molecular flexibility index (Phi) is 6.72. The minimum atomic E-state index is -3.17. The molecule has 1 rings (SSSR count). The quantitative estimate of drug-likeness (QED) is 0.527. The number of hydrogen-bond donors (Lipinski definition) is 0. The van der Waals surface area contributed by atoms with Gasteiger partial charge in [0, 0.05) is 4.90 Å². The van der Waals surface area contributed by atoms with E-state index in [0.29, 0.717) is 17.9 Å². The van der Waals surface area contributed by atoms with Crippen LogP contribution in [0.1, 0.15) is 20.8 Å². The molecule has 0 bridgehead atoms. The Hall–Kier alpha value is -0.540. The van der Waals surface area contributed by atoms with E-state index in [1.807, 2.05) is 51.1 Å². The molecule has 0 atom stereocenters. The van der Waals surface area contributed by atoms with Crippen LogP contribution in [0.25, 0.3) is 0 Å². The van der Waals surface area contributed by atoms with Gasteiger partial charge in [0.25, 0.3) is 0 Å². The first-order valence-electron chi connectivity index (χ1n) is 5.95. The Morgan fingerprint density at radius 2 is 1.78 bits per heavy atom. The average molecular weight is 286 g/mol. The summed E-state index contributed by atoms with van der Waals surface area (Å²) in [5.74, 6) is 0. The van der Waals surface area contributed by atoms with Gasteiger partial charge in [-0.3, -0.25) is 4.57 Å². The van der Waals surface area contributed by atoms with E-state index < -0.39 is 7.60 Å². The fraction of sp³-hybridized carbons (Fsp3) is 0.385. The van der Waals surface area contributed by atoms with Crippen molar-refractivity contribution in [3.05, 3.63) is 41.1 Å². The van der Waals surface area contributed by atoms with E-state index in [1.54, 1.807) is 6.08 Å². The molecule has 0 radical (unpaired) electrons. The monoisotopic (exact) mass is 286 g/mol. The molecule has 3 nitrogen and oxygen atoms in total. The van der Waals surface area contributed by atoms with Gasteiger partial charge in [-0.05, 0) is 32.9 Å². The van der Waals surface area contributed by atoms with Crippen LogP contribution in [0.4, 0.5) is 0 Å². The molecule has 0 fully saturated rings. The van der Waals surface area contributed by atoms with Crippen LogP contribution in [0, 0.1) is 0 Å². The largest absolute Gasteiger partial charge is 0.367 e. The molecule has 0 heterocycles. The summed E-state index contributed by atoms with van der Waals surface area (Å²) in [6.45, 7) is 6.20. The highest BCUT2D eigenvalue weighted by atomic mass is 32.2. The molecule has 5 heteroatoms. The van der Waals surface area contributed by atoms with Gasteiger partial charge in [-0.2, -0.15) is 0 Å². The first-order valence-corrected chi connectivity index (χ1v) is 8.31. The lowest BCUT2D eigenvalue weighted by molar-refractivity contribution is 0.228. The zero-order valence-electron chi connectivity index (χ0n) is 11.0. The standard InChI is InChI=1S/C13H19O3PS/c1-4-13(17(14,15-5-2)16-6-3)18-12-10-8-7-9-11-12/h4,7-11H,5-6H2,1-3H3/b13-4+. The summed E-state index contributed by atoms with van der Waals surface area (Å²) >= 11 is 1.42. The maximum atomic E-state index is 12.6. The van der Waals surface area contributed by atoms with E-state index in [9.17, 15) is 4.57 Å². The molecule has 0 amide bonds. The SMILES string of the molecule is C/C=C(/Sc1ccccc1)P(=O)(OCC)OCC. The normalized spacial score (nSPS) is 12.7. The molecule has 0 unspecified atom stereocenters. The second-order valence-electron chi connectivity index (χ2n) is 3.38. The van der Waals surface area contributed by atoms with Crippen molar-refractivity contribution in [1.82, 2.24) is 0 Å². The van der Waals surface area contributed by atoms with Crippen LogP contribution in [0.5, 0.6) is 0 Å². The molecule has 0 aromatic heterocycles. The van der Waals surface area contributed by atoms with Gasteiger partial charge in [-0.15, -0.1) is 0 Å². The second-order valence-corrected chi connectivity index (χ2v) is 6.79. The summed E-state index contributed by atoms with van der Waals surface area (Å²) in [6.07, 6.45) is 1.80. The zero-order valence-corrected chi connectivity index (χ0v) is 12.7. The molecule has 1 aromatic carbocycles. The molecule has 0 spiro atoms. The van der Waals surface area contributed by atoms with Gasteiger partial charge in [0.2, 0.25) is 0 Å². The van der Waals surface area contributed by atoms with Crippen LogP contribution in [-0.4, -0.2) is 13.2 Å². The molecular weight excluding hydrogens is 267 g/mol. The molecule has 0 saturated heterocycles. The summed E-state index contributed by atoms with van der Waals surface area (Å²) in [5, 5.41) is 0. The van der Waals surface area contributed by atoms with Crippen molar-refractivity contribution in [2.75, 3.05) is 13.2 Å². The summed E-state index contributed by atoms with van der Waals surface area (Å²) in [4.78, 5) is 1.02. The number of hydrogen-bond acceptors (Lipinski definition) is 4. The van der Waals surface area contributed by atoms with Gasteiger partial charge in [0.1, 0.15) is 0 Å². The topological polar surface area (TPSA) is 35.5 Å². The van der Waals surface area contributed by atoms with Gasteiger partial charge < -0.3 is 9.05 Å². The lowest BCUT2D eigenvalue weighted by Crippen LogP contribution is -1.97. The van der Waals surface area contributed by atoms with Crippen LogP contribution in [-0.2, 0) is 13.6 Å². The van der Waals surface area contributed by atoms with E-state index in [1.165, 1.54) is 11.8 Å².